The van der Waals surface area contributed by atoms with E-state index in [9.17, 15) is 4.79 Å². The number of rotatable bonds is 3. The number of halogens is 3. The Hall–Kier alpha value is -1.17. The van der Waals surface area contributed by atoms with Crippen molar-refractivity contribution in [3.63, 3.8) is 0 Å². The second-order valence-corrected chi connectivity index (χ2v) is 5.91. The molecule has 2 rings (SSSR count). The summed E-state index contributed by atoms with van der Waals surface area (Å²) in [6.07, 6.45) is 1.98. The Bertz CT molecular complexity index is 546. The molecule has 0 bridgehead atoms. The number of carbonyl (C=O) groups excluding carboxylic acids is 1. The Morgan fingerprint density at radius 3 is 2.55 bits per heavy atom. The first-order chi connectivity index (χ1) is 9.95. The highest BCUT2D eigenvalue weighted by Crippen LogP contribution is 2.28. The molecule has 5 nitrogen and oxygen atoms in total. The van der Waals surface area contributed by atoms with Crippen LogP contribution in [0.5, 0.6) is 5.75 Å². The third kappa shape index (κ3) is 5.23. The van der Waals surface area contributed by atoms with Gasteiger partial charge in [0.2, 0.25) is 0 Å². The predicted octanol–water partition coefficient (Wildman–Crippen LogP) is 3.32. The smallest absolute Gasteiger partial charge is 0.311 e. The summed E-state index contributed by atoms with van der Waals surface area (Å²) in [5, 5.41) is 8.19. The Balaban J connectivity index is 0.00000242. The lowest BCUT2D eigenvalue weighted by Gasteiger charge is -2.31. The number of ether oxygens (including phenoxy) is 1. The zero-order valence-electron chi connectivity index (χ0n) is 11.9. The molecular weight excluding hydrogens is 349 g/mol. The van der Waals surface area contributed by atoms with E-state index in [0.29, 0.717) is 35.3 Å². The maximum atomic E-state index is 11.9. The van der Waals surface area contributed by atoms with Gasteiger partial charge >= 0.3 is 5.97 Å². The normalized spacial score (nSPS) is 15.1. The number of hydrogen-bond donors (Lipinski definition) is 2. The molecule has 122 valence electrons. The van der Waals surface area contributed by atoms with E-state index in [1.54, 1.807) is 17.0 Å². The highest BCUT2D eigenvalue weighted by Gasteiger charge is 2.23. The number of nitrogens with zero attached hydrogens (tertiary/aromatic N) is 1. The van der Waals surface area contributed by atoms with Gasteiger partial charge in [-0.25, -0.2) is 0 Å². The van der Waals surface area contributed by atoms with Gasteiger partial charge in [0.1, 0.15) is 5.75 Å². The molecule has 1 fully saturated rings. The van der Waals surface area contributed by atoms with E-state index in [0.717, 1.165) is 12.8 Å². The minimum absolute atomic E-state index is 0. The molecule has 0 spiro atoms. The number of hydrogen-bond acceptors (Lipinski definition) is 3. The molecule has 0 saturated carbocycles. The standard InChI is InChI=1S/C14H17Cl2N3O2.ClH/c15-10-1-2-12(11(16)8-10)21-13(20)7-9-3-5-19(6-4-9)14(17)18;/h1-2,8-9H,3-7H2,(H3,17,18);1H. The zero-order chi connectivity index (χ0) is 15.4. The molecule has 1 aromatic rings. The van der Waals surface area contributed by atoms with Crippen molar-refractivity contribution in [3.05, 3.63) is 28.2 Å². The van der Waals surface area contributed by atoms with Gasteiger partial charge in [0, 0.05) is 24.5 Å². The third-order valence-corrected chi connectivity index (χ3v) is 4.06. The van der Waals surface area contributed by atoms with Gasteiger partial charge in [-0.05, 0) is 37.0 Å². The fraction of sp³-hybridized carbons (Fsp3) is 0.429. The molecule has 0 amide bonds. The van der Waals surface area contributed by atoms with Crippen molar-refractivity contribution in [2.45, 2.75) is 19.3 Å². The number of benzene rings is 1. The number of likely N-dealkylation sites (tertiary alicyclic amines) is 1. The van der Waals surface area contributed by atoms with Crippen LogP contribution in [-0.4, -0.2) is 29.9 Å². The van der Waals surface area contributed by atoms with Crippen LogP contribution in [-0.2, 0) is 4.79 Å². The fourth-order valence-corrected chi connectivity index (χ4v) is 2.78. The maximum Gasteiger partial charge on any atom is 0.311 e. The summed E-state index contributed by atoms with van der Waals surface area (Å²) in [5.74, 6) is 0.357. The van der Waals surface area contributed by atoms with Gasteiger partial charge in [-0.1, -0.05) is 23.2 Å². The molecule has 1 aliphatic rings. The van der Waals surface area contributed by atoms with Crippen LogP contribution < -0.4 is 10.5 Å². The van der Waals surface area contributed by atoms with Gasteiger partial charge in [-0.15, -0.1) is 12.4 Å². The van der Waals surface area contributed by atoms with E-state index in [-0.39, 0.29) is 30.3 Å². The van der Waals surface area contributed by atoms with Crippen LogP contribution in [0.25, 0.3) is 0 Å². The number of carbonyl (C=O) groups is 1. The molecule has 0 aromatic heterocycles. The van der Waals surface area contributed by atoms with Gasteiger partial charge in [0.15, 0.2) is 5.96 Å². The lowest BCUT2D eigenvalue weighted by atomic mass is 9.94. The average molecular weight is 367 g/mol. The topological polar surface area (TPSA) is 79.4 Å². The third-order valence-electron chi connectivity index (χ3n) is 3.53. The summed E-state index contributed by atoms with van der Waals surface area (Å²) in [5.41, 5.74) is 5.44. The summed E-state index contributed by atoms with van der Waals surface area (Å²) in [6.45, 7) is 1.41. The molecule has 0 atom stereocenters. The van der Waals surface area contributed by atoms with Gasteiger partial charge in [-0.2, -0.15) is 0 Å². The number of esters is 1. The summed E-state index contributed by atoms with van der Waals surface area (Å²) in [4.78, 5) is 13.7. The summed E-state index contributed by atoms with van der Waals surface area (Å²) < 4.78 is 5.27. The summed E-state index contributed by atoms with van der Waals surface area (Å²) >= 11 is 11.8. The molecule has 3 N–H and O–H groups in total. The van der Waals surface area contributed by atoms with Crippen molar-refractivity contribution in [1.82, 2.24) is 4.90 Å². The fourth-order valence-electron chi connectivity index (χ4n) is 2.34. The molecule has 0 unspecified atom stereocenters. The monoisotopic (exact) mass is 365 g/mol. The van der Waals surface area contributed by atoms with Crippen LogP contribution in [0.4, 0.5) is 0 Å². The number of piperidine rings is 1. The Labute approximate surface area is 145 Å². The van der Waals surface area contributed by atoms with Gasteiger partial charge < -0.3 is 15.4 Å². The zero-order valence-corrected chi connectivity index (χ0v) is 14.2. The van der Waals surface area contributed by atoms with E-state index in [1.165, 1.54) is 6.07 Å². The molecule has 0 radical (unpaired) electrons. The van der Waals surface area contributed by atoms with E-state index in [1.807, 2.05) is 0 Å². The van der Waals surface area contributed by atoms with Crippen LogP contribution in [0.15, 0.2) is 18.2 Å². The van der Waals surface area contributed by atoms with Crippen LogP contribution in [0.2, 0.25) is 10.0 Å². The molecule has 1 aliphatic heterocycles. The minimum Gasteiger partial charge on any atom is -0.425 e. The highest BCUT2D eigenvalue weighted by atomic mass is 35.5. The Kier molecular flexibility index (Phi) is 7.26. The molecule has 22 heavy (non-hydrogen) atoms. The minimum atomic E-state index is -0.305. The first kappa shape index (κ1) is 18.9. The van der Waals surface area contributed by atoms with E-state index in [2.05, 4.69) is 0 Å². The Morgan fingerprint density at radius 2 is 2.00 bits per heavy atom. The Morgan fingerprint density at radius 1 is 1.36 bits per heavy atom. The SMILES string of the molecule is Cl.N=C(N)N1CCC(CC(=O)Oc2ccc(Cl)cc2Cl)CC1. The van der Waals surface area contributed by atoms with Crippen molar-refractivity contribution in [2.75, 3.05) is 13.1 Å². The van der Waals surface area contributed by atoms with Crippen LogP contribution in [0.1, 0.15) is 19.3 Å². The average Bonchev–Trinajstić information content (AvgIpc) is 2.42. The van der Waals surface area contributed by atoms with Crippen LogP contribution in [0.3, 0.4) is 0 Å². The molecular formula is C14H18Cl3N3O2. The molecule has 1 heterocycles. The van der Waals surface area contributed by atoms with E-state index < -0.39 is 0 Å². The quantitative estimate of drug-likeness (QED) is 0.372. The van der Waals surface area contributed by atoms with Crippen molar-refractivity contribution >= 4 is 47.5 Å². The first-order valence-electron chi connectivity index (χ1n) is 6.70. The summed E-state index contributed by atoms with van der Waals surface area (Å²) in [6, 6.07) is 4.75. The highest BCUT2D eigenvalue weighted by molar-refractivity contribution is 6.35. The van der Waals surface area contributed by atoms with E-state index >= 15 is 0 Å². The van der Waals surface area contributed by atoms with Crippen molar-refractivity contribution in [3.8, 4) is 5.75 Å². The molecule has 0 aliphatic carbocycles. The lowest BCUT2D eigenvalue weighted by molar-refractivity contribution is -0.135. The van der Waals surface area contributed by atoms with Crippen molar-refractivity contribution < 1.29 is 9.53 Å². The molecule has 1 aromatic carbocycles. The van der Waals surface area contributed by atoms with Gasteiger partial charge in [0.05, 0.1) is 5.02 Å². The number of guanidine groups is 1. The van der Waals surface area contributed by atoms with Gasteiger partial charge in [-0.3, -0.25) is 10.2 Å². The molecule has 1 saturated heterocycles. The lowest BCUT2D eigenvalue weighted by Crippen LogP contribution is -2.42. The number of nitrogens with one attached hydrogen (secondary N) is 1. The van der Waals surface area contributed by atoms with Crippen molar-refractivity contribution in [2.24, 2.45) is 11.7 Å². The van der Waals surface area contributed by atoms with Crippen LogP contribution >= 0.6 is 35.6 Å². The largest absolute Gasteiger partial charge is 0.425 e. The van der Waals surface area contributed by atoms with Crippen LogP contribution in [0, 0.1) is 11.3 Å². The van der Waals surface area contributed by atoms with Crippen molar-refractivity contribution in [1.29, 1.82) is 5.41 Å². The second kappa shape index (κ2) is 8.46. The van der Waals surface area contributed by atoms with Gasteiger partial charge in [0.25, 0.3) is 0 Å². The maximum absolute atomic E-state index is 11.9. The molecule has 8 heteroatoms. The predicted molar refractivity (Wildman–Crippen MR) is 90.2 cm³/mol. The first-order valence-corrected chi connectivity index (χ1v) is 7.46. The summed E-state index contributed by atoms with van der Waals surface area (Å²) in [7, 11) is 0. The van der Waals surface area contributed by atoms with E-state index in [4.69, 9.17) is 39.1 Å². The second-order valence-electron chi connectivity index (χ2n) is 5.07. The number of nitrogens with two attached hydrogens (primary N) is 1.